The molecule has 0 radical (unpaired) electrons. The molecule has 1 aliphatic heterocycles. The van der Waals surface area contributed by atoms with Crippen LogP contribution in [0.25, 0.3) is 0 Å². The highest BCUT2D eigenvalue weighted by atomic mass is 32.1. The Labute approximate surface area is 204 Å². The fourth-order valence-corrected chi connectivity index (χ4v) is 5.29. The van der Waals surface area contributed by atoms with Crippen LogP contribution in [-0.2, 0) is 6.54 Å². The predicted molar refractivity (Wildman–Crippen MR) is 138 cm³/mol. The van der Waals surface area contributed by atoms with Gasteiger partial charge in [0.05, 0.1) is 11.7 Å². The molecular formula is C27H29N5OS. The SMILES string of the molecule is CC(C)c1ccc(N2CCC[C@@H]2c2csc(NC(=O)c3cccn3Cc3ccncc3)n2)cc1. The molecule has 1 aromatic carbocycles. The van der Waals surface area contributed by atoms with Crippen molar-refractivity contribution in [2.75, 3.05) is 16.8 Å². The van der Waals surface area contributed by atoms with E-state index >= 15 is 0 Å². The molecule has 7 heteroatoms. The summed E-state index contributed by atoms with van der Waals surface area (Å²) in [5.41, 5.74) is 5.32. The van der Waals surface area contributed by atoms with Crippen molar-refractivity contribution in [1.29, 1.82) is 0 Å². The number of carbonyl (C=O) groups excluding carboxylic acids is 1. The number of hydrogen-bond acceptors (Lipinski definition) is 5. The molecule has 0 spiro atoms. The number of thiazole rings is 1. The maximum atomic E-state index is 13.0. The Morgan fingerprint density at radius 1 is 1.15 bits per heavy atom. The fraction of sp³-hybridized carbons (Fsp3) is 0.296. The normalized spacial score (nSPS) is 15.7. The number of amides is 1. The molecule has 1 N–H and O–H groups in total. The van der Waals surface area contributed by atoms with Crippen LogP contribution >= 0.6 is 11.3 Å². The summed E-state index contributed by atoms with van der Waals surface area (Å²) in [4.78, 5) is 24.3. The maximum absolute atomic E-state index is 13.0. The summed E-state index contributed by atoms with van der Waals surface area (Å²) in [7, 11) is 0. The van der Waals surface area contributed by atoms with E-state index in [4.69, 9.17) is 4.98 Å². The number of anilines is 2. The fourth-order valence-electron chi connectivity index (χ4n) is 4.53. The van der Waals surface area contributed by atoms with E-state index in [0.29, 0.717) is 23.3 Å². The first-order valence-corrected chi connectivity index (χ1v) is 12.6. The summed E-state index contributed by atoms with van der Waals surface area (Å²) in [5.74, 6) is 0.381. The van der Waals surface area contributed by atoms with E-state index in [1.54, 1.807) is 12.4 Å². The van der Waals surface area contributed by atoms with Crippen molar-refractivity contribution in [3.05, 3.63) is 95.0 Å². The summed E-state index contributed by atoms with van der Waals surface area (Å²) in [6, 6.07) is 16.8. The van der Waals surface area contributed by atoms with Crippen molar-refractivity contribution >= 4 is 28.1 Å². The molecule has 1 saturated heterocycles. The van der Waals surface area contributed by atoms with Crippen molar-refractivity contribution in [2.45, 2.75) is 45.2 Å². The first-order valence-electron chi connectivity index (χ1n) is 11.8. The lowest BCUT2D eigenvalue weighted by Gasteiger charge is -2.26. The number of rotatable bonds is 7. The topological polar surface area (TPSA) is 63.1 Å². The van der Waals surface area contributed by atoms with E-state index in [1.807, 2.05) is 35.0 Å². The van der Waals surface area contributed by atoms with Crippen LogP contribution in [0.2, 0.25) is 0 Å². The highest BCUT2D eigenvalue weighted by Crippen LogP contribution is 2.37. The van der Waals surface area contributed by atoms with E-state index in [0.717, 1.165) is 30.6 Å². The van der Waals surface area contributed by atoms with Gasteiger partial charge in [0.2, 0.25) is 0 Å². The second-order valence-electron chi connectivity index (χ2n) is 9.01. The molecule has 0 unspecified atom stereocenters. The van der Waals surface area contributed by atoms with Gasteiger partial charge in [0, 0.05) is 42.7 Å². The van der Waals surface area contributed by atoms with Gasteiger partial charge in [-0.15, -0.1) is 11.3 Å². The molecule has 1 atom stereocenters. The molecule has 5 rings (SSSR count). The van der Waals surface area contributed by atoms with Crippen molar-refractivity contribution in [2.24, 2.45) is 0 Å². The third-order valence-corrected chi connectivity index (χ3v) is 7.17. The molecule has 3 aromatic heterocycles. The molecule has 4 aromatic rings. The maximum Gasteiger partial charge on any atom is 0.274 e. The number of aromatic nitrogens is 3. The van der Waals surface area contributed by atoms with Crippen molar-refractivity contribution in [3.8, 4) is 0 Å². The van der Waals surface area contributed by atoms with Crippen LogP contribution in [0.4, 0.5) is 10.8 Å². The Bertz CT molecular complexity index is 1250. The van der Waals surface area contributed by atoms with Crippen molar-refractivity contribution < 1.29 is 4.79 Å². The lowest BCUT2D eigenvalue weighted by atomic mass is 10.0. The van der Waals surface area contributed by atoms with Crippen LogP contribution in [0.5, 0.6) is 0 Å². The average Bonchev–Trinajstić information content (AvgIpc) is 3.60. The van der Waals surface area contributed by atoms with Gasteiger partial charge in [-0.1, -0.05) is 26.0 Å². The van der Waals surface area contributed by atoms with E-state index < -0.39 is 0 Å². The number of hydrogen-bond donors (Lipinski definition) is 1. The Balaban J connectivity index is 1.28. The third-order valence-electron chi connectivity index (χ3n) is 6.39. The van der Waals surface area contributed by atoms with Gasteiger partial charge in [0.1, 0.15) is 5.69 Å². The molecule has 1 fully saturated rings. The van der Waals surface area contributed by atoms with Gasteiger partial charge >= 0.3 is 0 Å². The second kappa shape index (κ2) is 9.81. The van der Waals surface area contributed by atoms with Crippen molar-refractivity contribution in [1.82, 2.24) is 14.5 Å². The van der Waals surface area contributed by atoms with E-state index in [-0.39, 0.29) is 11.9 Å². The summed E-state index contributed by atoms with van der Waals surface area (Å²) < 4.78 is 1.94. The van der Waals surface area contributed by atoms with Crippen molar-refractivity contribution in [3.63, 3.8) is 0 Å². The average molecular weight is 472 g/mol. The summed E-state index contributed by atoms with van der Waals surface area (Å²) in [5, 5.41) is 5.72. The highest BCUT2D eigenvalue weighted by Gasteiger charge is 2.28. The van der Waals surface area contributed by atoms with Gasteiger partial charge in [-0.2, -0.15) is 0 Å². The molecule has 0 aliphatic carbocycles. The van der Waals surface area contributed by atoms with Crippen LogP contribution in [-0.4, -0.2) is 27.0 Å². The third kappa shape index (κ3) is 4.75. The Hall–Kier alpha value is -3.45. The molecule has 0 bridgehead atoms. The molecule has 4 heterocycles. The smallest absolute Gasteiger partial charge is 0.274 e. The van der Waals surface area contributed by atoms with Crippen LogP contribution in [0.15, 0.2) is 72.5 Å². The molecule has 1 aliphatic rings. The molecule has 34 heavy (non-hydrogen) atoms. The summed E-state index contributed by atoms with van der Waals surface area (Å²) in [6.45, 7) is 6.07. The monoisotopic (exact) mass is 471 g/mol. The van der Waals surface area contributed by atoms with Gasteiger partial charge < -0.3 is 9.47 Å². The van der Waals surface area contributed by atoms with Crippen LogP contribution < -0.4 is 10.2 Å². The zero-order chi connectivity index (χ0) is 23.5. The predicted octanol–water partition coefficient (Wildman–Crippen LogP) is 6.11. The molecular weight excluding hydrogens is 442 g/mol. The first-order chi connectivity index (χ1) is 16.6. The Kier molecular flexibility index (Phi) is 6.45. The van der Waals surface area contributed by atoms with Gasteiger partial charge in [-0.3, -0.25) is 15.1 Å². The lowest BCUT2D eigenvalue weighted by molar-refractivity contribution is 0.101. The Morgan fingerprint density at radius 3 is 2.71 bits per heavy atom. The van der Waals surface area contributed by atoms with Gasteiger partial charge in [0.15, 0.2) is 5.13 Å². The van der Waals surface area contributed by atoms with Gasteiger partial charge in [-0.05, 0) is 66.3 Å². The number of carbonyl (C=O) groups is 1. The van der Waals surface area contributed by atoms with E-state index in [9.17, 15) is 4.79 Å². The van der Waals surface area contributed by atoms with Gasteiger partial charge in [0.25, 0.3) is 5.91 Å². The van der Waals surface area contributed by atoms with Gasteiger partial charge in [-0.25, -0.2) is 4.98 Å². The number of nitrogens with zero attached hydrogens (tertiary/aromatic N) is 4. The van der Waals surface area contributed by atoms with Crippen LogP contribution in [0.1, 0.15) is 66.0 Å². The van der Waals surface area contributed by atoms with E-state index in [2.05, 4.69) is 58.7 Å². The summed E-state index contributed by atoms with van der Waals surface area (Å²) in [6.07, 6.45) is 7.65. The second-order valence-corrected chi connectivity index (χ2v) is 9.86. The number of pyridine rings is 1. The lowest BCUT2D eigenvalue weighted by Crippen LogP contribution is -2.23. The zero-order valence-corrected chi connectivity index (χ0v) is 20.3. The standard InChI is InChI=1S/C27H29N5OS/c1-19(2)21-7-9-22(10-8-21)32-16-4-5-24(32)23-18-34-27(29-23)30-26(33)25-6-3-15-31(25)17-20-11-13-28-14-12-20/h3,6-15,18-19,24H,4-5,16-17H2,1-2H3,(H,29,30,33)/t24-/m1/s1. The van der Waals surface area contributed by atoms with Crippen LogP contribution in [0.3, 0.4) is 0 Å². The minimum Gasteiger partial charge on any atom is -0.363 e. The number of benzene rings is 1. The number of nitrogens with one attached hydrogen (secondary N) is 1. The van der Waals surface area contributed by atoms with Crippen LogP contribution in [0, 0.1) is 0 Å². The highest BCUT2D eigenvalue weighted by molar-refractivity contribution is 7.14. The quantitative estimate of drug-likeness (QED) is 0.353. The largest absolute Gasteiger partial charge is 0.363 e. The minimum atomic E-state index is -0.146. The zero-order valence-electron chi connectivity index (χ0n) is 19.5. The molecule has 6 nitrogen and oxygen atoms in total. The molecule has 1 amide bonds. The van der Waals surface area contributed by atoms with E-state index in [1.165, 1.54) is 22.6 Å². The Morgan fingerprint density at radius 2 is 1.94 bits per heavy atom. The minimum absolute atomic E-state index is 0.146. The summed E-state index contributed by atoms with van der Waals surface area (Å²) >= 11 is 1.49. The first kappa shape index (κ1) is 22.3. The molecule has 0 saturated carbocycles. The molecule has 174 valence electrons.